The molecular weight excluding hydrogens is 353 g/mol. The van der Waals surface area contributed by atoms with Crippen molar-refractivity contribution >= 4 is 11.6 Å². The molecule has 1 aliphatic heterocycles. The zero-order valence-electron chi connectivity index (χ0n) is 13.5. The lowest BCUT2D eigenvalue weighted by Gasteiger charge is -2.14. The van der Waals surface area contributed by atoms with Crippen LogP contribution in [0, 0.1) is 0 Å². The summed E-state index contributed by atoms with van der Waals surface area (Å²) in [5.41, 5.74) is 0.0917. The molecule has 1 aromatic heterocycles. The molecule has 0 saturated carbocycles. The van der Waals surface area contributed by atoms with Crippen molar-refractivity contribution in [3.63, 3.8) is 0 Å². The predicted octanol–water partition coefficient (Wildman–Crippen LogP) is 3.40. The number of benzene rings is 1. The molecule has 9 heteroatoms. The summed E-state index contributed by atoms with van der Waals surface area (Å²) in [4.78, 5) is 16.4. The van der Waals surface area contributed by atoms with Crippen molar-refractivity contribution in [1.29, 1.82) is 0 Å². The molecule has 2 aromatic rings. The van der Waals surface area contributed by atoms with Gasteiger partial charge in [0.15, 0.2) is 5.75 Å². The van der Waals surface area contributed by atoms with Crippen molar-refractivity contribution in [3.05, 3.63) is 48.2 Å². The SMILES string of the molecule is O=C(Nc1ccccc1OC(F)(F)F)c1ccnc(OC2CCOC2)c1. The van der Waals surface area contributed by atoms with E-state index in [0.29, 0.717) is 13.2 Å². The minimum atomic E-state index is -4.86. The molecule has 1 aliphatic rings. The minimum Gasteiger partial charge on any atom is -0.472 e. The van der Waals surface area contributed by atoms with Gasteiger partial charge in [0.2, 0.25) is 5.88 Å². The standard InChI is InChI=1S/C17H15F3N2O4/c18-17(19,20)26-14-4-2-1-3-13(14)22-16(23)11-5-7-21-15(9-11)25-12-6-8-24-10-12/h1-5,7,9,12H,6,8,10H2,(H,22,23). The second-order valence-electron chi connectivity index (χ2n) is 5.48. The van der Waals surface area contributed by atoms with Gasteiger partial charge in [-0.3, -0.25) is 4.79 Å². The summed E-state index contributed by atoms with van der Waals surface area (Å²) in [6, 6.07) is 8.14. The van der Waals surface area contributed by atoms with Crippen LogP contribution in [0.3, 0.4) is 0 Å². The molecule has 2 heterocycles. The number of amides is 1. The van der Waals surface area contributed by atoms with Crippen LogP contribution in [0.15, 0.2) is 42.6 Å². The summed E-state index contributed by atoms with van der Waals surface area (Å²) in [7, 11) is 0. The van der Waals surface area contributed by atoms with E-state index in [4.69, 9.17) is 9.47 Å². The van der Waals surface area contributed by atoms with Crippen LogP contribution >= 0.6 is 0 Å². The molecule has 1 saturated heterocycles. The van der Waals surface area contributed by atoms with Crippen LogP contribution in [0.2, 0.25) is 0 Å². The summed E-state index contributed by atoms with van der Waals surface area (Å²) in [6.45, 7) is 1.04. The summed E-state index contributed by atoms with van der Waals surface area (Å²) < 4.78 is 52.1. The van der Waals surface area contributed by atoms with Crippen LogP contribution < -0.4 is 14.8 Å². The quantitative estimate of drug-likeness (QED) is 0.876. The summed E-state index contributed by atoms with van der Waals surface area (Å²) in [6.07, 6.45) is -2.89. The molecule has 138 valence electrons. The van der Waals surface area contributed by atoms with Crippen LogP contribution in [-0.2, 0) is 4.74 Å². The molecular formula is C17H15F3N2O4. The number of alkyl halides is 3. The average Bonchev–Trinajstić information content (AvgIpc) is 3.08. The zero-order chi connectivity index (χ0) is 18.6. The number of anilines is 1. The number of nitrogens with zero attached hydrogens (tertiary/aromatic N) is 1. The van der Waals surface area contributed by atoms with E-state index < -0.39 is 18.0 Å². The largest absolute Gasteiger partial charge is 0.573 e. The highest BCUT2D eigenvalue weighted by Crippen LogP contribution is 2.30. The van der Waals surface area contributed by atoms with Gasteiger partial charge in [-0.25, -0.2) is 4.98 Å². The number of para-hydroxylation sites is 2. The Labute approximate surface area is 146 Å². The second-order valence-corrected chi connectivity index (χ2v) is 5.48. The third kappa shape index (κ3) is 4.85. The van der Waals surface area contributed by atoms with Gasteiger partial charge in [0, 0.05) is 24.2 Å². The van der Waals surface area contributed by atoms with Crippen LogP contribution in [0.25, 0.3) is 0 Å². The fraction of sp³-hybridized carbons (Fsp3) is 0.294. The number of pyridine rings is 1. The highest BCUT2D eigenvalue weighted by Gasteiger charge is 2.32. The van der Waals surface area contributed by atoms with E-state index >= 15 is 0 Å². The highest BCUT2D eigenvalue weighted by atomic mass is 19.4. The van der Waals surface area contributed by atoms with Crippen LogP contribution in [0.1, 0.15) is 16.8 Å². The van der Waals surface area contributed by atoms with E-state index in [1.165, 1.54) is 36.5 Å². The van der Waals surface area contributed by atoms with Gasteiger partial charge in [0.1, 0.15) is 6.10 Å². The number of ether oxygens (including phenoxy) is 3. The third-order valence-electron chi connectivity index (χ3n) is 3.53. The Morgan fingerprint density at radius 3 is 2.81 bits per heavy atom. The van der Waals surface area contributed by atoms with E-state index in [9.17, 15) is 18.0 Å². The number of hydrogen-bond donors (Lipinski definition) is 1. The maximum absolute atomic E-state index is 12.5. The van der Waals surface area contributed by atoms with Gasteiger partial charge in [-0.2, -0.15) is 0 Å². The van der Waals surface area contributed by atoms with Crippen molar-refractivity contribution in [2.75, 3.05) is 18.5 Å². The number of nitrogens with one attached hydrogen (secondary N) is 1. The second kappa shape index (κ2) is 7.61. The Balaban J connectivity index is 1.72. The first-order valence-electron chi connectivity index (χ1n) is 7.77. The van der Waals surface area contributed by atoms with Gasteiger partial charge in [-0.1, -0.05) is 12.1 Å². The lowest BCUT2D eigenvalue weighted by atomic mass is 10.2. The monoisotopic (exact) mass is 368 g/mol. The highest BCUT2D eigenvalue weighted by molar-refractivity contribution is 6.05. The molecule has 1 amide bonds. The number of carbonyl (C=O) groups is 1. The minimum absolute atomic E-state index is 0.0988. The number of carbonyl (C=O) groups excluding carboxylic acids is 1. The Kier molecular flexibility index (Phi) is 5.27. The van der Waals surface area contributed by atoms with Gasteiger partial charge in [-0.15, -0.1) is 13.2 Å². The van der Waals surface area contributed by atoms with Crippen molar-refractivity contribution in [3.8, 4) is 11.6 Å². The molecule has 1 unspecified atom stereocenters. The molecule has 0 spiro atoms. The fourth-order valence-electron chi connectivity index (χ4n) is 2.37. The first-order valence-corrected chi connectivity index (χ1v) is 7.77. The van der Waals surface area contributed by atoms with Gasteiger partial charge >= 0.3 is 6.36 Å². The number of hydrogen-bond acceptors (Lipinski definition) is 5. The van der Waals surface area contributed by atoms with Crippen molar-refractivity contribution in [1.82, 2.24) is 4.98 Å². The maximum atomic E-state index is 12.5. The molecule has 26 heavy (non-hydrogen) atoms. The van der Waals surface area contributed by atoms with Gasteiger partial charge in [0.25, 0.3) is 5.91 Å². The Bertz CT molecular complexity index is 777. The Morgan fingerprint density at radius 1 is 1.27 bits per heavy atom. The van der Waals surface area contributed by atoms with E-state index in [-0.39, 0.29) is 23.2 Å². The average molecular weight is 368 g/mol. The van der Waals surface area contributed by atoms with E-state index in [1.807, 2.05) is 0 Å². The van der Waals surface area contributed by atoms with Gasteiger partial charge < -0.3 is 19.5 Å². The Hall–Kier alpha value is -2.81. The Morgan fingerprint density at radius 2 is 2.08 bits per heavy atom. The van der Waals surface area contributed by atoms with Crippen molar-refractivity contribution in [2.24, 2.45) is 0 Å². The molecule has 1 atom stereocenters. The molecule has 1 N–H and O–H groups in total. The maximum Gasteiger partial charge on any atom is 0.573 e. The first-order chi connectivity index (χ1) is 12.4. The molecule has 1 fully saturated rings. The molecule has 0 radical (unpaired) electrons. The van der Waals surface area contributed by atoms with Crippen molar-refractivity contribution < 1.29 is 32.2 Å². The van der Waals surface area contributed by atoms with E-state index in [1.54, 1.807) is 0 Å². The van der Waals surface area contributed by atoms with Gasteiger partial charge in [-0.05, 0) is 18.2 Å². The lowest BCUT2D eigenvalue weighted by Crippen LogP contribution is -2.20. The number of aromatic nitrogens is 1. The number of rotatable bonds is 5. The predicted molar refractivity (Wildman–Crippen MR) is 85.2 cm³/mol. The first kappa shape index (κ1) is 18.0. The summed E-state index contributed by atoms with van der Waals surface area (Å²) in [5, 5.41) is 2.40. The molecule has 1 aromatic carbocycles. The number of halogens is 3. The smallest absolute Gasteiger partial charge is 0.472 e. The third-order valence-corrected chi connectivity index (χ3v) is 3.53. The zero-order valence-corrected chi connectivity index (χ0v) is 13.5. The normalized spacial score (nSPS) is 17.0. The van der Waals surface area contributed by atoms with Gasteiger partial charge in [0.05, 0.1) is 18.9 Å². The molecule has 6 nitrogen and oxygen atoms in total. The van der Waals surface area contributed by atoms with Crippen LogP contribution in [0.4, 0.5) is 18.9 Å². The summed E-state index contributed by atoms with van der Waals surface area (Å²) >= 11 is 0. The fourth-order valence-corrected chi connectivity index (χ4v) is 2.37. The van der Waals surface area contributed by atoms with E-state index in [2.05, 4.69) is 15.0 Å². The molecule has 0 bridgehead atoms. The lowest BCUT2D eigenvalue weighted by molar-refractivity contribution is -0.274. The van der Waals surface area contributed by atoms with Crippen molar-refractivity contribution in [2.45, 2.75) is 18.9 Å². The molecule has 3 rings (SSSR count). The molecule has 0 aliphatic carbocycles. The topological polar surface area (TPSA) is 69.7 Å². The summed E-state index contributed by atoms with van der Waals surface area (Å²) in [5.74, 6) is -0.867. The van der Waals surface area contributed by atoms with Crippen LogP contribution in [0.5, 0.6) is 11.6 Å². The van der Waals surface area contributed by atoms with E-state index in [0.717, 1.165) is 12.5 Å². The van der Waals surface area contributed by atoms with Crippen LogP contribution in [-0.4, -0.2) is 36.6 Å².